The first-order valence-corrected chi connectivity index (χ1v) is 10.2. The van der Waals surface area contributed by atoms with Crippen LogP contribution in [-0.4, -0.2) is 23.7 Å². The largest absolute Gasteiger partial charge is 0.496 e. The summed E-state index contributed by atoms with van der Waals surface area (Å²) in [5, 5.41) is 11.6. The van der Waals surface area contributed by atoms with Gasteiger partial charge >= 0.3 is 6.18 Å². The Morgan fingerprint density at radius 2 is 1.85 bits per heavy atom. The molecule has 0 radical (unpaired) electrons. The maximum Gasteiger partial charge on any atom is 0.416 e. The van der Waals surface area contributed by atoms with Crippen molar-refractivity contribution in [1.29, 1.82) is 0 Å². The van der Waals surface area contributed by atoms with Gasteiger partial charge in [0.2, 0.25) is 5.91 Å². The second-order valence-electron chi connectivity index (χ2n) is 7.82. The Hall–Kier alpha value is -3.69. The quantitative estimate of drug-likeness (QED) is 0.465. The van der Waals surface area contributed by atoms with Crippen LogP contribution in [0.3, 0.4) is 0 Å². The number of carbonyl (C=O) groups excluding carboxylic acids is 2. The first kappa shape index (κ1) is 22.5. The van der Waals surface area contributed by atoms with E-state index in [1.165, 1.54) is 7.11 Å². The molecule has 1 atom stereocenters. The van der Waals surface area contributed by atoms with E-state index < -0.39 is 34.2 Å². The van der Waals surface area contributed by atoms with Gasteiger partial charge in [-0.05, 0) is 31.0 Å². The number of Topliss-reactive ketones (excluding diaryl/α,β-unsaturated/α-hetero) is 1. The summed E-state index contributed by atoms with van der Waals surface area (Å²) in [5.41, 5.74) is -1.04. The van der Waals surface area contributed by atoms with Gasteiger partial charge in [0.15, 0.2) is 5.78 Å². The van der Waals surface area contributed by atoms with Crippen molar-refractivity contribution < 1.29 is 32.4 Å². The van der Waals surface area contributed by atoms with E-state index in [1.54, 1.807) is 24.3 Å². The summed E-state index contributed by atoms with van der Waals surface area (Å²) in [5.74, 6) is -0.850. The smallest absolute Gasteiger partial charge is 0.416 e. The minimum atomic E-state index is -4.78. The molecule has 1 unspecified atom stereocenters. The topological polar surface area (TPSA) is 89.8 Å². The van der Waals surface area contributed by atoms with E-state index in [0.29, 0.717) is 41.1 Å². The second kappa shape index (κ2) is 8.34. The molecule has 0 saturated carbocycles. The number of nitrogens with zero attached hydrogens (tertiary/aromatic N) is 2. The fourth-order valence-electron chi connectivity index (χ4n) is 4.53. The van der Waals surface area contributed by atoms with Crippen molar-refractivity contribution in [2.45, 2.75) is 37.8 Å². The zero-order valence-electron chi connectivity index (χ0n) is 17.5. The molecule has 2 aromatic rings. The second-order valence-corrected chi connectivity index (χ2v) is 7.82. The van der Waals surface area contributed by atoms with Crippen LogP contribution in [0.2, 0.25) is 0 Å². The number of amides is 1. The molecule has 172 valence electrons. The normalized spacial score (nSPS) is 18.9. The highest BCUT2D eigenvalue weighted by Gasteiger charge is 2.43. The van der Waals surface area contributed by atoms with E-state index >= 15 is 0 Å². The van der Waals surface area contributed by atoms with Crippen molar-refractivity contribution in [3.63, 3.8) is 0 Å². The number of anilines is 1. The fraction of sp³-hybridized carbons (Fsp3) is 0.304. The van der Waals surface area contributed by atoms with Gasteiger partial charge in [0.1, 0.15) is 11.4 Å². The molecular weight excluding hydrogens is 441 g/mol. The van der Waals surface area contributed by atoms with Crippen LogP contribution in [0.15, 0.2) is 53.7 Å². The third-order valence-electron chi connectivity index (χ3n) is 5.93. The SMILES string of the molecule is COc1ccccc1C1CC(=O)N(c2ccc(C(F)(F)F)cc2[N+](=O)[O-])C2=C1C(=O)CCC2. The molecule has 0 spiro atoms. The number of ketones is 1. The van der Waals surface area contributed by atoms with Gasteiger partial charge in [0.25, 0.3) is 5.69 Å². The van der Waals surface area contributed by atoms with Crippen LogP contribution < -0.4 is 9.64 Å². The molecule has 7 nitrogen and oxygen atoms in total. The van der Waals surface area contributed by atoms with Gasteiger partial charge < -0.3 is 4.74 Å². The van der Waals surface area contributed by atoms with Crippen molar-refractivity contribution in [2.75, 3.05) is 12.0 Å². The third kappa shape index (κ3) is 3.96. The molecule has 0 saturated heterocycles. The highest BCUT2D eigenvalue weighted by molar-refractivity contribution is 6.08. The Morgan fingerprint density at radius 3 is 2.52 bits per heavy atom. The summed E-state index contributed by atoms with van der Waals surface area (Å²) in [6.07, 6.45) is -3.99. The van der Waals surface area contributed by atoms with Gasteiger partial charge in [0, 0.05) is 41.7 Å². The molecule has 10 heteroatoms. The zero-order chi connectivity index (χ0) is 23.9. The van der Waals surface area contributed by atoms with Crippen molar-refractivity contribution in [2.24, 2.45) is 0 Å². The Balaban J connectivity index is 1.91. The molecule has 0 fully saturated rings. The molecule has 1 heterocycles. The molecule has 1 amide bonds. The standard InChI is InChI=1S/C23H19F3N2O5/c1-33-20-8-3-2-5-14(20)15-12-21(30)27(17-6-4-7-19(29)22(15)17)16-10-9-13(23(24,25)26)11-18(16)28(31)32/h2-3,5,8-11,15H,4,6-7,12H2,1H3. The van der Waals surface area contributed by atoms with E-state index in [0.717, 1.165) is 11.0 Å². The Kier molecular flexibility index (Phi) is 5.69. The van der Waals surface area contributed by atoms with Gasteiger partial charge in [-0.3, -0.25) is 24.6 Å². The molecule has 2 aromatic carbocycles. The molecule has 0 N–H and O–H groups in total. The first-order chi connectivity index (χ1) is 15.6. The average molecular weight is 460 g/mol. The van der Waals surface area contributed by atoms with Crippen molar-refractivity contribution >= 4 is 23.1 Å². The summed E-state index contributed by atoms with van der Waals surface area (Å²) in [6.45, 7) is 0. The van der Waals surface area contributed by atoms with Crippen LogP contribution >= 0.6 is 0 Å². The van der Waals surface area contributed by atoms with Crippen LogP contribution in [0.1, 0.15) is 42.7 Å². The Bertz CT molecular complexity index is 1190. The molecule has 33 heavy (non-hydrogen) atoms. The number of hydrogen-bond acceptors (Lipinski definition) is 5. The van der Waals surface area contributed by atoms with Crippen LogP contribution in [0, 0.1) is 10.1 Å². The van der Waals surface area contributed by atoms with Crippen LogP contribution in [0.4, 0.5) is 24.5 Å². The number of rotatable bonds is 4. The zero-order valence-corrected chi connectivity index (χ0v) is 17.5. The number of hydrogen-bond donors (Lipinski definition) is 0. The minimum absolute atomic E-state index is 0.177. The first-order valence-electron chi connectivity index (χ1n) is 10.2. The van der Waals surface area contributed by atoms with Crippen molar-refractivity contribution in [3.05, 3.63) is 75.0 Å². The lowest BCUT2D eigenvalue weighted by Crippen LogP contribution is -2.41. The number of halogens is 3. The molecule has 2 aliphatic rings. The van der Waals surface area contributed by atoms with E-state index in [1.807, 2.05) is 0 Å². The van der Waals surface area contributed by atoms with Crippen LogP contribution in [0.5, 0.6) is 5.75 Å². The van der Waals surface area contributed by atoms with E-state index in [-0.39, 0.29) is 30.7 Å². The number of para-hydroxylation sites is 1. The van der Waals surface area contributed by atoms with E-state index in [9.17, 15) is 32.9 Å². The molecule has 4 rings (SSSR count). The van der Waals surface area contributed by atoms with E-state index in [4.69, 9.17) is 4.74 Å². The number of carbonyl (C=O) groups is 2. The summed E-state index contributed by atoms with van der Waals surface area (Å²) in [6, 6.07) is 9.00. The van der Waals surface area contributed by atoms with Gasteiger partial charge in [0.05, 0.1) is 17.6 Å². The molecule has 0 bridgehead atoms. The number of alkyl halides is 3. The highest BCUT2D eigenvalue weighted by atomic mass is 19.4. The number of allylic oxidation sites excluding steroid dienone is 2. The predicted octanol–water partition coefficient (Wildman–Crippen LogP) is 5.15. The summed E-state index contributed by atoms with van der Waals surface area (Å²) < 4.78 is 44.8. The maximum atomic E-state index is 13.3. The molecule has 1 aliphatic heterocycles. The average Bonchev–Trinajstić information content (AvgIpc) is 2.77. The minimum Gasteiger partial charge on any atom is -0.496 e. The number of ether oxygens (including phenoxy) is 1. The lowest BCUT2D eigenvalue weighted by molar-refractivity contribution is -0.384. The van der Waals surface area contributed by atoms with Gasteiger partial charge in [-0.1, -0.05) is 18.2 Å². The fourth-order valence-corrected chi connectivity index (χ4v) is 4.53. The van der Waals surface area contributed by atoms with Crippen molar-refractivity contribution in [1.82, 2.24) is 0 Å². The molecule has 1 aliphatic carbocycles. The predicted molar refractivity (Wildman–Crippen MR) is 112 cm³/mol. The van der Waals surface area contributed by atoms with Gasteiger partial charge in [-0.2, -0.15) is 13.2 Å². The Labute approximate surface area is 186 Å². The number of benzene rings is 2. The maximum absolute atomic E-state index is 13.3. The number of nitro benzene ring substituents is 1. The monoisotopic (exact) mass is 460 g/mol. The lowest BCUT2D eigenvalue weighted by atomic mass is 9.76. The van der Waals surface area contributed by atoms with Gasteiger partial charge in [-0.15, -0.1) is 0 Å². The number of nitro groups is 1. The van der Waals surface area contributed by atoms with Crippen LogP contribution in [-0.2, 0) is 15.8 Å². The summed E-state index contributed by atoms with van der Waals surface area (Å²) >= 11 is 0. The summed E-state index contributed by atoms with van der Waals surface area (Å²) in [7, 11) is 1.47. The lowest BCUT2D eigenvalue weighted by Gasteiger charge is -2.38. The third-order valence-corrected chi connectivity index (χ3v) is 5.93. The summed E-state index contributed by atoms with van der Waals surface area (Å²) in [4.78, 5) is 38.0. The van der Waals surface area contributed by atoms with Crippen LogP contribution in [0.25, 0.3) is 0 Å². The van der Waals surface area contributed by atoms with Gasteiger partial charge in [-0.25, -0.2) is 0 Å². The molecule has 0 aromatic heterocycles. The van der Waals surface area contributed by atoms with E-state index in [2.05, 4.69) is 0 Å². The van der Waals surface area contributed by atoms with Crippen molar-refractivity contribution in [3.8, 4) is 5.75 Å². The molecular formula is C23H19F3N2O5. The highest BCUT2D eigenvalue weighted by Crippen LogP contribution is 2.47. The Morgan fingerprint density at radius 1 is 1.12 bits per heavy atom. The number of methoxy groups -OCH3 is 1.